The Morgan fingerprint density at radius 2 is 1.71 bits per heavy atom. The van der Waals surface area contributed by atoms with Gasteiger partial charge in [-0.15, -0.1) is 0 Å². The third-order valence-corrected chi connectivity index (χ3v) is 4.61. The first-order valence-corrected chi connectivity index (χ1v) is 5.86. The minimum absolute atomic E-state index is 0.0353. The average Bonchev–Trinajstić information content (AvgIpc) is 2.31. The van der Waals surface area contributed by atoms with Crippen molar-refractivity contribution in [3.8, 4) is 0 Å². The van der Waals surface area contributed by atoms with Crippen molar-refractivity contribution >= 4 is 0 Å². The lowest BCUT2D eigenvalue weighted by molar-refractivity contribution is 0.117. The van der Waals surface area contributed by atoms with Gasteiger partial charge >= 0.3 is 0 Å². The summed E-state index contributed by atoms with van der Waals surface area (Å²) in [5.41, 5.74) is 8.71. The predicted octanol–water partition coefficient (Wildman–Crippen LogP) is 3.66. The van der Waals surface area contributed by atoms with E-state index in [0.29, 0.717) is 0 Å². The van der Waals surface area contributed by atoms with Crippen LogP contribution in [0, 0.1) is 17.8 Å². The van der Waals surface area contributed by atoms with Crippen LogP contribution in [0.15, 0.2) is 5.11 Å². The molecule has 0 aromatic rings. The van der Waals surface area contributed by atoms with Gasteiger partial charge in [-0.1, -0.05) is 5.11 Å². The lowest BCUT2D eigenvalue weighted by atomic mass is 9.65. The van der Waals surface area contributed by atoms with Crippen molar-refractivity contribution in [2.24, 2.45) is 22.9 Å². The molecule has 4 aliphatic carbocycles. The molecule has 0 radical (unpaired) electrons. The summed E-state index contributed by atoms with van der Waals surface area (Å²) in [5.74, 6) is 2.71. The molecule has 0 aromatic heterocycles. The molecule has 4 saturated carbocycles. The highest BCUT2D eigenvalue weighted by Gasteiger charge is 2.47. The van der Waals surface area contributed by atoms with Crippen LogP contribution in [0.1, 0.15) is 44.9 Å². The average molecular weight is 191 g/mol. The van der Waals surface area contributed by atoms with E-state index in [1.54, 1.807) is 0 Å². The zero-order valence-corrected chi connectivity index (χ0v) is 8.52. The van der Waals surface area contributed by atoms with E-state index in [2.05, 4.69) is 10.0 Å². The summed E-state index contributed by atoms with van der Waals surface area (Å²) in [6.45, 7) is 0. The SMILES string of the molecule is [N-]=[N+]=NC12CCC3CC(CC(C3)C1)C2. The maximum atomic E-state index is 8.68. The van der Waals surface area contributed by atoms with Crippen molar-refractivity contribution in [1.82, 2.24) is 0 Å². The molecule has 0 heterocycles. The molecule has 0 N–H and O–H groups in total. The Kier molecular flexibility index (Phi) is 1.78. The van der Waals surface area contributed by atoms with E-state index in [9.17, 15) is 0 Å². The van der Waals surface area contributed by atoms with Crippen LogP contribution in [-0.2, 0) is 0 Å². The molecule has 0 spiro atoms. The van der Waals surface area contributed by atoms with Gasteiger partial charge in [0.2, 0.25) is 0 Å². The van der Waals surface area contributed by atoms with Crippen LogP contribution < -0.4 is 0 Å². The first-order chi connectivity index (χ1) is 6.80. The molecule has 0 aromatic carbocycles. The second kappa shape index (κ2) is 2.90. The van der Waals surface area contributed by atoms with E-state index in [4.69, 9.17) is 5.53 Å². The number of fused-ring (bicyclic) bond motifs is 1. The van der Waals surface area contributed by atoms with Gasteiger partial charge < -0.3 is 0 Å². The van der Waals surface area contributed by atoms with Crippen LogP contribution >= 0.6 is 0 Å². The predicted molar refractivity (Wildman–Crippen MR) is 54.7 cm³/mol. The van der Waals surface area contributed by atoms with Crippen LogP contribution in [0.25, 0.3) is 10.4 Å². The Morgan fingerprint density at radius 3 is 2.36 bits per heavy atom. The summed E-state index contributed by atoms with van der Waals surface area (Å²) in [7, 11) is 0. The fourth-order valence-corrected chi connectivity index (χ4v) is 4.33. The molecule has 4 bridgehead atoms. The third-order valence-electron chi connectivity index (χ3n) is 4.61. The highest BCUT2D eigenvalue weighted by atomic mass is 15.2. The summed E-state index contributed by atoms with van der Waals surface area (Å²) < 4.78 is 0. The van der Waals surface area contributed by atoms with Crippen LogP contribution in [-0.4, -0.2) is 5.54 Å². The van der Waals surface area contributed by atoms with Gasteiger partial charge in [-0.3, -0.25) is 0 Å². The van der Waals surface area contributed by atoms with Gasteiger partial charge in [0.25, 0.3) is 0 Å². The lowest BCUT2D eigenvalue weighted by Crippen LogP contribution is -2.37. The number of rotatable bonds is 1. The molecular weight excluding hydrogens is 174 g/mol. The maximum Gasteiger partial charge on any atom is 0.0493 e. The quantitative estimate of drug-likeness (QED) is 0.345. The van der Waals surface area contributed by atoms with E-state index in [0.717, 1.165) is 24.2 Å². The summed E-state index contributed by atoms with van der Waals surface area (Å²) in [5, 5.41) is 4.15. The molecule has 14 heavy (non-hydrogen) atoms. The molecule has 3 nitrogen and oxygen atoms in total. The molecule has 0 amide bonds. The van der Waals surface area contributed by atoms with Gasteiger partial charge in [-0.25, -0.2) is 0 Å². The summed E-state index contributed by atoms with van der Waals surface area (Å²) in [4.78, 5) is 3.09. The molecule has 4 fully saturated rings. The van der Waals surface area contributed by atoms with E-state index >= 15 is 0 Å². The van der Waals surface area contributed by atoms with Crippen molar-refractivity contribution in [3.05, 3.63) is 10.4 Å². The number of azide groups is 1. The van der Waals surface area contributed by atoms with Gasteiger partial charge in [0, 0.05) is 10.5 Å². The highest BCUT2D eigenvalue weighted by molar-refractivity contribution is 5.03. The fourth-order valence-electron chi connectivity index (χ4n) is 4.33. The molecule has 3 heteroatoms. The standard InChI is InChI=1S/C11H17N3/c12-14-13-11-2-1-8-3-9(6-11)5-10(4-8)7-11/h8-10H,1-7H2. The van der Waals surface area contributed by atoms with Crippen molar-refractivity contribution in [1.29, 1.82) is 0 Å². The van der Waals surface area contributed by atoms with Crippen LogP contribution in [0.2, 0.25) is 0 Å². The van der Waals surface area contributed by atoms with Crippen LogP contribution in [0.5, 0.6) is 0 Å². The molecule has 4 rings (SSSR count). The summed E-state index contributed by atoms with van der Waals surface area (Å²) >= 11 is 0. The molecule has 4 aliphatic rings. The molecule has 76 valence electrons. The van der Waals surface area contributed by atoms with Crippen LogP contribution in [0.4, 0.5) is 0 Å². The number of hydrogen-bond acceptors (Lipinski definition) is 1. The smallest absolute Gasteiger partial charge is 0.0493 e. The fraction of sp³-hybridized carbons (Fsp3) is 1.00. The second-order valence-corrected chi connectivity index (χ2v) is 5.67. The normalized spacial score (nSPS) is 49.9. The van der Waals surface area contributed by atoms with E-state index < -0.39 is 0 Å². The topological polar surface area (TPSA) is 48.8 Å². The maximum absolute atomic E-state index is 8.68. The second-order valence-electron chi connectivity index (χ2n) is 5.67. The Bertz CT molecular complexity index is 279. The number of nitrogens with zero attached hydrogens (tertiary/aromatic N) is 3. The van der Waals surface area contributed by atoms with Crippen LogP contribution in [0.3, 0.4) is 0 Å². The number of hydrogen-bond donors (Lipinski definition) is 0. The van der Waals surface area contributed by atoms with Gasteiger partial charge in [0.1, 0.15) is 0 Å². The highest BCUT2D eigenvalue weighted by Crippen LogP contribution is 2.54. The molecule has 0 aliphatic heterocycles. The molecule has 2 unspecified atom stereocenters. The Labute approximate surface area is 84.5 Å². The minimum Gasteiger partial charge on any atom is -0.0872 e. The van der Waals surface area contributed by atoms with E-state index in [1.165, 1.54) is 38.5 Å². The van der Waals surface area contributed by atoms with Crippen molar-refractivity contribution in [2.45, 2.75) is 50.5 Å². The molecule has 0 saturated heterocycles. The molecular formula is C11H17N3. The van der Waals surface area contributed by atoms with Crippen molar-refractivity contribution in [2.75, 3.05) is 0 Å². The van der Waals surface area contributed by atoms with Crippen molar-refractivity contribution < 1.29 is 0 Å². The Morgan fingerprint density at radius 1 is 1.07 bits per heavy atom. The zero-order valence-electron chi connectivity index (χ0n) is 8.52. The monoisotopic (exact) mass is 191 g/mol. The lowest BCUT2D eigenvalue weighted by Gasteiger charge is -2.42. The van der Waals surface area contributed by atoms with Gasteiger partial charge in [0.05, 0.1) is 0 Å². The summed E-state index contributed by atoms with van der Waals surface area (Å²) in [6, 6.07) is 0. The first kappa shape index (κ1) is 8.60. The van der Waals surface area contributed by atoms with E-state index in [-0.39, 0.29) is 5.54 Å². The summed E-state index contributed by atoms with van der Waals surface area (Å²) in [6.07, 6.45) is 9.09. The van der Waals surface area contributed by atoms with Gasteiger partial charge in [0.15, 0.2) is 0 Å². The van der Waals surface area contributed by atoms with E-state index in [1.807, 2.05) is 0 Å². The largest absolute Gasteiger partial charge is 0.0872 e. The van der Waals surface area contributed by atoms with Gasteiger partial charge in [-0.05, 0) is 68.2 Å². The Hall–Kier alpha value is -0.690. The first-order valence-electron chi connectivity index (χ1n) is 5.86. The molecule has 2 atom stereocenters. The van der Waals surface area contributed by atoms with Crippen molar-refractivity contribution in [3.63, 3.8) is 0 Å². The minimum atomic E-state index is 0.0353. The third kappa shape index (κ3) is 1.23. The zero-order chi connectivity index (χ0) is 9.60. The van der Waals surface area contributed by atoms with Gasteiger partial charge in [-0.2, -0.15) is 0 Å². The Balaban J connectivity index is 1.96.